The van der Waals surface area contributed by atoms with Gasteiger partial charge in [-0.3, -0.25) is 4.79 Å². The fourth-order valence-corrected chi connectivity index (χ4v) is 3.43. The third kappa shape index (κ3) is 4.07. The van der Waals surface area contributed by atoms with Gasteiger partial charge in [0.2, 0.25) is 0 Å². The lowest BCUT2D eigenvalue weighted by Crippen LogP contribution is -2.43. The van der Waals surface area contributed by atoms with Crippen LogP contribution in [-0.2, 0) is 5.67 Å². The van der Waals surface area contributed by atoms with Crippen molar-refractivity contribution in [2.75, 3.05) is 18.4 Å². The van der Waals surface area contributed by atoms with Crippen LogP contribution in [0.25, 0.3) is 0 Å². The Bertz CT molecular complexity index is 948. The van der Waals surface area contributed by atoms with E-state index in [1.54, 1.807) is 35.2 Å². The Kier molecular flexibility index (Phi) is 5.52. The highest BCUT2D eigenvalue weighted by atomic mass is 35.5. The van der Waals surface area contributed by atoms with Crippen molar-refractivity contribution in [2.24, 2.45) is 5.73 Å². The monoisotopic (exact) mass is 400 g/mol. The highest BCUT2D eigenvalue weighted by molar-refractivity contribution is 6.33. The number of nitrogens with two attached hydrogens (primary N) is 1. The van der Waals surface area contributed by atoms with E-state index in [-0.39, 0.29) is 42.5 Å². The number of piperidine rings is 1. The predicted octanol–water partition coefficient (Wildman–Crippen LogP) is 3.80. The lowest BCUT2D eigenvalue weighted by atomic mass is 9.85. The van der Waals surface area contributed by atoms with Gasteiger partial charge in [0.05, 0.1) is 22.3 Å². The number of urea groups is 1. The van der Waals surface area contributed by atoms with Crippen LogP contribution < -0.4 is 11.1 Å². The number of rotatable bonds is 3. The summed E-state index contributed by atoms with van der Waals surface area (Å²) in [5, 5.41) is 11.5. The quantitative estimate of drug-likeness (QED) is 0.819. The number of carbonyl (C=O) groups is 2. The normalized spacial score (nSPS) is 15.5. The number of amides is 3. The highest BCUT2D eigenvalue weighted by Gasteiger charge is 2.37. The van der Waals surface area contributed by atoms with Crippen LogP contribution >= 0.6 is 11.6 Å². The van der Waals surface area contributed by atoms with E-state index in [9.17, 15) is 9.59 Å². The van der Waals surface area contributed by atoms with Gasteiger partial charge in [0.25, 0.3) is 5.91 Å². The van der Waals surface area contributed by atoms with Crippen molar-refractivity contribution < 1.29 is 14.0 Å². The van der Waals surface area contributed by atoms with E-state index >= 15 is 4.39 Å². The molecule has 0 aliphatic carbocycles. The highest BCUT2D eigenvalue weighted by Crippen LogP contribution is 2.37. The van der Waals surface area contributed by atoms with Gasteiger partial charge in [-0.05, 0) is 35.9 Å². The van der Waals surface area contributed by atoms with Crippen LogP contribution in [-0.4, -0.2) is 29.9 Å². The van der Waals surface area contributed by atoms with Crippen molar-refractivity contribution in [2.45, 2.75) is 18.5 Å². The van der Waals surface area contributed by atoms with Crippen LogP contribution in [0.2, 0.25) is 5.02 Å². The molecule has 0 atom stereocenters. The molecule has 3 rings (SSSR count). The fraction of sp³-hybridized carbons (Fsp3) is 0.250. The number of nitrogens with zero attached hydrogens (tertiary/aromatic N) is 2. The lowest BCUT2D eigenvalue weighted by Gasteiger charge is -2.36. The molecule has 28 heavy (non-hydrogen) atoms. The van der Waals surface area contributed by atoms with Gasteiger partial charge < -0.3 is 16.0 Å². The summed E-state index contributed by atoms with van der Waals surface area (Å²) in [5.74, 6) is -0.272. The Morgan fingerprint density at radius 1 is 1.18 bits per heavy atom. The zero-order valence-corrected chi connectivity index (χ0v) is 15.7. The van der Waals surface area contributed by atoms with Crippen molar-refractivity contribution in [3.05, 3.63) is 64.2 Å². The first kappa shape index (κ1) is 19.6. The van der Waals surface area contributed by atoms with Crippen molar-refractivity contribution >= 4 is 29.2 Å². The molecule has 2 aromatic carbocycles. The molecule has 3 N–H and O–H groups in total. The van der Waals surface area contributed by atoms with E-state index in [2.05, 4.69) is 5.32 Å². The van der Waals surface area contributed by atoms with Crippen molar-refractivity contribution in [3.63, 3.8) is 0 Å². The first-order valence-corrected chi connectivity index (χ1v) is 9.05. The number of nitriles is 1. The van der Waals surface area contributed by atoms with Gasteiger partial charge in [0, 0.05) is 31.5 Å². The molecule has 1 heterocycles. The van der Waals surface area contributed by atoms with Crippen LogP contribution in [0.1, 0.15) is 34.3 Å². The zero-order valence-electron chi connectivity index (χ0n) is 14.9. The third-order valence-electron chi connectivity index (χ3n) is 4.85. The van der Waals surface area contributed by atoms with Crippen LogP contribution in [0.4, 0.5) is 14.9 Å². The molecule has 1 aliphatic rings. The number of benzene rings is 2. The van der Waals surface area contributed by atoms with E-state index in [0.717, 1.165) is 0 Å². The molecule has 0 aromatic heterocycles. The van der Waals surface area contributed by atoms with Gasteiger partial charge in [-0.15, -0.1) is 0 Å². The molecule has 6 nitrogen and oxygen atoms in total. The predicted molar refractivity (Wildman–Crippen MR) is 104 cm³/mol. The molecule has 1 fully saturated rings. The van der Waals surface area contributed by atoms with Gasteiger partial charge in [-0.25, -0.2) is 9.18 Å². The second-order valence-corrected chi connectivity index (χ2v) is 7.04. The minimum Gasteiger partial charge on any atom is -0.351 e. The van der Waals surface area contributed by atoms with E-state index in [1.165, 1.54) is 12.1 Å². The summed E-state index contributed by atoms with van der Waals surface area (Å²) in [6, 6.07) is 12.2. The SMILES string of the molecule is N#Cc1ccc(C2(F)CCN(C(=O)c3ccc(Cl)c(NC(N)=O)c3)CC2)cc1. The molecule has 1 saturated heterocycles. The molecular formula is C20H18ClFN4O2. The zero-order chi connectivity index (χ0) is 20.3. The van der Waals surface area contributed by atoms with Gasteiger partial charge >= 0.3 is 6.03 Å². The maximum absolute atomic E-state index is 15.3. The molecule has 0 spiro atoms. The first-order chi connectivity index (χ1) is 13.3. The van der Waals surface area contributed by atoms with Gasteiger partial charge in [0.1, 0.15) is 5.67 Å². The number of anilines is 1. The number of hydrogen-bond acceptors (Lipinski definition) is 3. The van der Waals surface area contributed by atoms with Crippen molar-refractivity contribution in [3.8, 4) is 6.07 Å². The second-order valence-electron chi connectivity index (χ2n) is 6.63. The van der Waals surface area contributed by atoms with Crippen LogP contribution in [0.5, 0.6) is 0 Å². The summed E-state index contributed by atoms with van der Waals surface area (Å²) < 4.78 is 15.3. The molecule has 3 amide bonds. The Labute approximate surface area is 166 Å². The van der Waals surface area contributed by atoms with Gasteiger partial charge in [0.15, 0.2) is 0 Å². The van der Waals surface area contributed by atoms with Gasteiger partial charge in [-0.2, -0.15) is 5.26 Å². The largest absolute Gasteiger partial charge is 0.351 e. The summed E-state index contributed by atoms with van der Waals surface area (Å²) >= 11 is 5.99. The number of halogens is 2. The number of likely N-dealkylation sites (tertiary alicyclic amines) is 1. The van der Waals surface area contributed by atoms with Crippen molar-refractivity contribution in [1.82, 2.24) is 4.90 Å². The molecule has 0 bridgehead atoms. The fourth-order valence-electron chi connectivity index (χ4n) is 3.27. The van der Waals surface area contributed by atoms with E-state index in [1.807, 2.05) is 6.07 Å². The molecule has 0 unspecified atom stereocenters. The standard InChI is InChI=1S/C20H18ClFN4O2/c21-16-6-3-14(11-17(16)25-19(24)28)18(27)26-9-7-20(22,8-10-26)15-4-1-13(12-23)2-5-15/h1-6,11H,7-10H2,(H3,24,25,28). The van der Waals surface area contributed by atoms with Crippen LogP contribution in [0, 0.1) is 11.3 Å². The summed E-state index contributed by atoms with van der Waals surface area (Å²) in [6.45, 7) is 0.493. The topological polar surface area (TPSA) is 99.2 Å². The molecule has 144 valence electrons. The summed E-state index contributed by atoms with van der Waals surface area (Å²) in [5.41, 5.74) is 5.13. The van der Waals surface area contributed by atoms with E-state index < -0.39 is 11.7 Å². The summed E-state index contributed by atoms with van der Waals surface area (Å²) in [4.78, 5) is 25.4. The van der Waals surface area contributed by atoms with Gasteiger partial charge in [-0.1, -0.05) is 23.7 Å². The van der Waals surface area contributed by atoms with E-state index in [0.29, 0.717) is 16.7 Å². The maximum Gasteiger partial charge on any atom is 0.316 e. The summed E-state index contributed by atoms with van der Waals surface area (Å²) in [7, 11) is 0. The Balaban J connectivity index is 1.71. The smallest absolute Gasteiger partial charge is 0.316 e. The Morgan fingerprint density at radius 2 is 1.82 bits per heavy atom. The minimum atomic E-state index is -1.54. The Morgan fingerprint density at radius 3 is 2.39 bits per heavy atom. The molecule has 1 aliphatic heterocycles. The number of alkyl halides is 1. The van der Waals surface area contributed by atoms with E-state index in [4.69, 9.17) is 22.6 Å². The third-order valence-corrected chi connectivity index (χ3v) is 5.18. The van der Waals surface area contributed by atoms with Crippen LogP contribution in [0.15, 0.2) is 42.5 Å². The molecular weight excluding hydrogens is 383 g/mol. The minimum absolute atomic E-state index is 0.157. The number of primary amides is 1. The lowest BCUT2D eigenvalue weighted by molar-refractivity contribution is 0.0421. The molecule has 0 radical (unpaired) electrons. The molecule has 2 aromatic rings. The van der Waals surface area contributed by atoms with Crippen molar-refractivity contribution in [1.29, 1.82) is 5.26 Å². The number of hydrogen-bond donors (Lipinski definition) is 2. The summed E-state index contributed by atoms with van der Waals surface area (Å²) in [6.07, 6.45) is 0.315. The average molecular weight is 401 g/mol. The van der Waals surface area contributed by atoms with Crippen LogP contribution in [0.3, 0.4) is 0 Å². The molecule has 0 saturated carbocycles. The maximum atomic E-state index is 15.3. The second kappa shape index (κ2) is 7.87. The number of carbonyl (C=O) groups excluding carboxylic acids is 2. The first-order valence-electron chi connectivity index (χ1n) is 8.67. The number of nitrogens with one attached hydrogen (secondary N) is 1. The average Bonchev–Trinajstić information content (AvgIpc) is 2.69. The Hall–Kier alpha value is -3.11. The molecule has 8 heteroatoms.